The molecule has 0 N–H and O–H groups in total. The van der Waals surface area contributed by atoms with E-state index in [9.17, 15) is 9.59 Å². The number of benzene rings is 2. The highest BCUT2D eigenvalue weighted by Gasteiger charge is 2.18. The highest BCUT2D eigenvalue weighted by atomic mass is 32.1. The van der Waals surface area contributed by atoms with Gasteiger partial charge in [-0.15, -0.1) is 11.3 Å². The normalized spacial score (nSPS) is 10.9. The van der Waals surface area contributed by atoms with Crippen LogP contribution in [0.1, 0.15) is 19.2 Å². The fourth-order valence-corrected chi connectivity index (χ4v) is 3.94. The van der Waals surface area contributed by atoms with Crippen LogP contribution in [0.3, 0.4) is 0 Å². The third kappa shape index (κ3) is 4.80. The number of amides is 1. The molecule has 0 atom stereocenters. The first kappa shape index (κ1) is 20.7. The van der Waals surface area contributed by atoms with Crippen molar-refractivity contribution >= 4 is 39.7 Å². The topological polar surface area (TPSA) is 85.5 Å². The Kier molecular flexibility index (Phi) is 6.37. The minimum Gasteiger partial charge on any atom is -0.456 e. The second-order valence-electron chi connectivity index (χ2n) is 6.79. The molecule has 31 heavy (non-hydrogen) atoms. The Balaban J connectivity index is 1.32. The molecule has 0 saturated carbocycles. The molecule has 4 aromatic rings. The van der Waals surface area contributed by atoms with Gasteiger partial charge in [-0.1, -0.05) is 47.6 Å². The Morgan fingerprint density at radius 2 is 1.94 bits per heavy atom. The van der Waals surface area contributed by atoms with E-state index in [-0.39, 0.29) is 25.4 Å². The maximum atomic E-state index is 12.7. The summed E-state index contributed by atoms with van der Waals surface area (Å²) < 4.78 is 10.4. The second kappa shape index (κ2) is 9.53. The van der Waals surface area contributed by atoms with Crippen molar-refractivity contribution in [2.45, 2.75) is 19.8 Å². The molecule has 2 aromatic carbocycles. The SMILES string of the molecule is CCN(C(=O)COC(=O)CCc1nc(-c2cccs2)no1)c1cccc2ccccc12. The van der Waals surface area contributed by atoms with Crippen molar-refractivity contribution in [2.75, 3.05) is 18.1 Å². The summed E-state index contributed by atoms with van der Waals surface area (Å²) in [6.45, 7) is 2.04. The fourth-order valence-electron chi connectivity index (χ4n) is 3.29. The number of esters is 1. The van der Waals surface area contributed by atoms with Crippen LogP contribution in [0.5, 0.6) is 0 Å². The lowest BCUT2D eigenvalue weighted by atomic mass is 10.1. The van der Waals surface area contributed by atoms with Crippen molar-refractivity contribution in [1.82, 2.24) is 10.1 Å². The fraction of sp³-hybridized carbons (Fsp3) is 0.217. The minimum atomic E-state index is -0.488. The molecule has 0 aliphatic heterocycles. The number of thiophene rings is 1. The quantitative estimate of drug-likeness (QED) is 0.379. The standard InChI is InChI=1S/C23H21N3O4S/c1-2-26(18-10-5-8-16-7-3-4-9-17(16)18)21(27)15-29-22(28)13-12-20-24-23(25-30-20)19-11-6-14-31-19/h3-11,14H,2,12-13,15H2,1H3. The Labute approximate surface area is 183 Å². The molecule has 0 fully saturated rings. The number of hydrogen-bond acceptors (Lipinski definition) is 7. The monoisotopic (exact) mass is 435 g/mol. The Hall–Kier alpha value is -3.52. The zero-order chi connectivity index (χ0) is 21.6. The molecular formula is C23H21N3O4S. The molecule has 2 aromatic heterocycles. The summed E-state index contributed by atoms with van der Waals surface area (Å²) in [4.78, 5) is 31.7. The first-order valence-electron chi connectivity index (χ1n) is 9.96. The average Bonchev–Trinajstić information content (AvgIpc) is 3.49. The zero-order valence-corrected chi connectivity index (χ0v) is 17.8. The number of ether oxygens (including phenoxy) is 1. The van der Waals surface area contributed by atoms with Gasteiger partial charge < -0.3 is 14.2 Å². The summed E-state index contributed by atoms with van der Waals surface area (Å²) in [6, 6.07) is 17.5. The predicted molar refractivity (Wildman–Crippen MR) is 119 cm³/mol. The molecular weight excluding hydrogens is 414 g/mol. The average molecular weight is 436 g/mol. The van der Waals surface area contributed by atoms with Crippen LogP contribution in [0.2, 0.25) is 0 Å². The molecule has 0 unspecified atom stereocenters. The van der Waals surface area contributed by atoms with Gasteiger partial charge in [0.2, 0.25) is 11.7 Å². The number of hydrogen-bond donors (Lipinski definition) is 0. The lowest BCUT2D eigenvalue weighted by Crippen LogP contribution is -2.34. The van der Waals surface area contributed by atoms with Crippen LogP contribution in [-0.2, 0) is 20.7 Å². The van der Waals surface area contributed by atoms with Gasteiger partial charge in [0.15, 0.2) is 6.61 Å². The Morgan fingerprint density at radius 1 is 1.10 bits per heavy atom. The van der Waals surface area contributed by atoms with E-state index in [1.54, 1.807) is 4.90 Å². The van der Waals surface area contributed by atoms with Crippen molar-refractivity contribution in [3.63, 3.8) is 0 Å². The van der Waals surface area contributed by atoms with Gasteiger partial charge in [0.25, 0.3) is 5.91 Å². The van der Waals surface area contributed by atoms with Gasteiger partial charge in [0.1, 0.15) is 0 Å². The largest absolute Gasteiger partial charge is 0.456 e. The molecule has 7 nitrogen and oxygen atoms in total. The number of aromatic nitrogens is 2. The number of aryl methyl sites for hydroxylation is 1. The summed E-state index contributed by atoms with van der Waals surface area (Å²) >= 11 is 1.51. The smallest absolute Gasteiger partial charge is 0.306 e. The van der Waals surface area contributed by atoms with Crippen LogP contribution in [-0.4, -0.2) is 35.2 Å². The van der Waals surface area contributed by atoms with E-state index in [1.165, 1.54) is 11.3 Å². The molecule has 4 rings (SSSR count). The van der Waals surface area contributed by atoms with E-state index in [0.717, 1.165) is 21.3 Å². The van der Waals surface area contributed by atoms with E-state index < -0.39 is 5.97 Å². The van der Waals surface area contributed by atoms with Crippen LogP contribution in [0, 0.1) is 0 Å². The molecule has 0 aliphatic carbocycles. The molecule has 0 aliphatic rings. The highest BCUT2D eigenvalue weighted by molar-refractivity contribution is 7.13. The molecule has 0 bridgehead atoms. The highest BCUT2D eigenvalue weighted by Crippen LogP contribution is 2.27. The van der Waals surface area contributed by atoms with Gasteiger partial charge in [-0.3, -0.25) is 9.59 Å². The number of nitrogens with zero attached hydrogens (tertiary/aromatic N) is 3. The Bertz CT molecular complexity index is 1180. The van der Waals surface area contributed by atoms with Crippen molar-refractivity contribution < 1.29 is 18.8 Å². The zero-order valence-electron chi connectivity index (χ0n) is 17.0. The number of carbonyl (C=O) groups excluding carboxylic acids is 2. The molecule has 8 heteroatoms. The Morgan fingerprint density at radius 3 is 2.74 bits per heavy atom. The van der Waals surface area contributed by atoms with E-state index in [2.05, 4.69) is 10.1 Å². The van der Waals surface area contributed by atoms with Gasteiger partial charge in [0, 0.05) is 18.4 Å². The summed E-state index contributed by atoms with van der Waals surface area (Å²) in [5, 5.41) is 7.87. The lowest BCUT2D eigenvalue weighted by molar-refractivity contribution is -0.147. The number of carbonyl (C=O) groups is 2. The first-order chi connectivity index (χ1) is 15.2. The third-order valence-corrected chi connectivity index (χ3v) is 5.65. The molecule has 0 saturated heterocycles. The summed E-state index contributed by atoms with van der Waals surface area (Å²) in [6.07, 6.45) is 0.311. The van der Waals surface area contributed by atoms with Gasteiger partial charge in [-0.05, 0) is 29.8 Å². The molecule has 158 valence electrons. The van der Waals surface area contributed by atoms with Crippen LogP contribution < -0.4 is 4.90 Å². The van der Waals surface area contributed by atoms with E-state index in [4.69, 9.17) is 9.26 Å². The lowest BCUT2D eigenvalue weighted by Gasteiger charge is -2.22. The molecule has 1 amide bonds. The molecule has 2 heterocycles. The molecule has 0 radical (unpaired) electrons. The van der Waals surface area contributed by atoms with Gasteiger partial charge in [0.05, 0.1) is 17.0 Å². The van der Waals surface area contributed by atoms with Gasteiger partial charge in [-0.2, -0.15) is 4.98 Å². The van der Waals surface area contributed by atoms with E-state index in [1.807, 2.05) is 66.9 Å². The summed E-state index contributed by atoms with van der Waals surface area (Å²) in [7, 11) is 0. The van der Waals surface area contributed by atoms with Gasteiger partial charge in [-0.25, -0.2) is 0 Å². The first-order valence-corrected chi connectivity index (χ1v) is 10.8. The maximum Gasteiger partial charge on any atom is 0.306 e. The predicted octanol–water partition coefficient (Wildman–Crippen LogP) is 4.48. The van der Waals surface area contributed by atoms with Crippen molar-refractivity contribution in [3.05, 3.63) is 65.9 Å². The number of likely N-dealkylation sites (N-methyl/N-ethyl adjacent to an activating group) is 1. The van der Waals surface area contributed by atoms with Crippen molar-refractivity contribution in [2.24, 2.45) is 0 Å². The van der Waals surface area contributed by atoms with Crippen LogP contribution in [0.15, 0.2) is 64.5 Å². The minimum absolute atomic E-state index is 0.0553. The number of anilines is 1. The summed E-state index contributed by atoms with van der Waals surface area (Å²) in [5.41, 5.74) is 0.800. The molecule has 0 spiro atoms. The van der Waals surface area contributed by atoms with Crippen molar-refractivity contribution in [3.8, 4) is 10.7 Å². The van der Waals surface area contributed by atoms with E-state index in [0.29, 0.717) is 18.3 Å². The van der Waals surface area contributed by atoms with Crippen molar-refractivity contribution in [1.29, 1.82) is 0 Å². The van der Waals surface area contributed by atoms with E-state index >= 15 is 0 Å². The third-order valence-electron chi connectivity index (χ3n) is 4.78. The van der Waals surface area contributed by atoms with Crippen LogP contribution in [0.4, 0.5) is 5.69 Å². The number of rotatable bonds is 8. The second-order valence-corrected chi connectivity index (χ2v) is 7.73. The summed E-state index contributed by atoms with van der Waals surface area (Å²) in [5.74, 6) is 0.100. The van der Waals surface area contributed by atoms with Crippen LogP contribution in [0.25, 0.3) is 21.5 Å². The number of fused-ring (bicyclic) bond motifs is 1. The van der Waals surface area contributed by atoms with Crippen LogP contribution >= 0.6 is 11.3 Å². The maximum absolute atomic E-state index is 12.7. The van der Waals surface area contributed by atoms with Gasteiger partial charge >= 0.3 is 5.97 Å².